The molecule has 3 rings (SSSR count). The maximum atomic E-state index is 12.0. The number of aryl methyl sites for hydroxylation is 2. The number of nitrogens with zero attached hydrogens (tertiary/aromatic N) is 2. The number of ether oxygens (including phenoxy) is 1. The number of nitrogens with one attached hydrogen (secondary N) is 1. The second-order valence-corrected chi connectivity index (χ2v) is 5.28. The number of aromatic nitrogens is 2. The summed E-state index contributed by atoms with van der Waals surface area (Å²) in [6.07, 6.45) is 0. The lowest BCUT2D eigenvalue weighted by molar-refractivity contribution is -0.00338. The number of hydrogen-bond donors (Lipinski definition) is 1. The summed E-state index contributed by atoms with van der Waals surface area (Å²) in [5, 5.41) is 8.32. The maximum Gasteiger partial charge on any atom is 0.261 e. The van der Waals surface area contributed by atoms with Gasteiger partial charge < -0.3 is 10.1 Å². The molecule has 5 nitrogen and oxygen atoms in total. The summed E-state index contributed by atoms with van der Waals surface area (Å²) >= 11 is 1.48. The third-order valence-corrected chi connectivity index (χ3v) is 4.09. The van der Waals surface area contributed by atoms with Crippen molar-refractivity contribution in [2.24, 2.45) is 7.05 Å². The van der Waals surface area contributed by atoms with Gasteiger partial charge in [-0.1, -0.05) is 0 Å². The van der Waals surface area contributed by atoms with Crippen molar-refractivity contribution in [1.29, 1.82) is 0 Å². The Morgan fingerprint density at radius 3 is 3.00 bits per heavy atom. The molecule has 0 unspecified atom stereocenters. The van der Waals surface area contributed by atoms with Crippen molar-refractivity contribution in [2.75, 3.05) is 13.2 Å². The molecule has 0 aromatic carbocycles. The molecule has 1 fully saturated rings. The fraction of sp³-hybridized carbons (Fsp3) is 0.455. The van der Waals surface area contributed by atoms with Gasteiger partial charge in [0.15, 0.2) is 0 Å². The zero-order valence-corrected chi connectivity index (χ0v) is 10.5. The van der Waals surface area contributed by atoms with Gasteiger partial charge in [-0.05, 0) is 13.0 Å². The lowest BCUT2D eigenvalue weighted by atomic mass is 10.2. The Morgan fingerprint density at radius 2 is 2.41 bits per heavy atom. The molecule has 0 radical (unpaired) electrons. The van der Waals surface area contributed by atoms with E-state index in [1.165, 1.54) is 11.3 Å². The predicted octanol–water partition coefficient (Wildman–Crippen LogP) is 1.07. The first-order chi connectivity index (χ1) is 8.15. The van der Waals surface area contributed by atoms with Crippen molar-refractivity contribution in [3.05, 3.63) is 16.6 Å². The van der Waals surface area contributed by atoms with Crippen molar-refractivity contribution in [2.45, 2.75) is 13.0 Å². The van der Waals surface area contributed by atoms with E-state index in [1.54, 1.807) is 0 Å². The van der Waals surface area contributed by atoms with Gasteiger partial charge in [0, 0.05) is 12.4 Å². The van der Waals surface area contributed by atoms with Gasteiger partial charge >= 0.3 is 0 Å². The Hall–Kier alpha value is -1.40. The lowest BCUT2D eigenvalue weighted by Gasteiger charge is -2.26. The van der Waals surface area contributed by atoms with Crippen LogP contribution in [0, 0.1) is 6.92 Å². The van der Waals surface area contributed by atoms with Crippen LogP contribution in [0.25, 0.3) is 10.2 Å². The smallest absolute Gasteiger partial charge is 0.261 e. The summed E-state index contributed by atoms with van der Waals surface area (Å²) < 4.78 is 6.85. The van der Waals surface area contributed by atoms with E-state index in [-0.39, 0.29) is 11.9 Å². The van der Waals surface area contributed by atoms with Crippen molar-refractivity contribution in [3.63, 3.8) is 0 Å². The first kappa shape index (κ1) is 10.7. The van der Waals surface area contributed by atoms with Crippen molar-refractivity contribution in [3.8, 4) is 0 Å². The maximum absolute atomic E-state index is 12.0. The van der Waals surface area contributed by atoms with E-state index in [1.807, 2.05) is 24.7 Å². The molecule has 0 atom stereocenters. The molecule has 2 aromatic rings. The van der Waals surface area contributed by atoms with E-state index in [0.717, 1.165) is 20.8 Å². The Bertz CT molecular complexity index is 548. The Morgan fingerprint density at radius 1 is 1.65 bits per heavy atom. The minimum absolute atomic E-state index is 0.0149. The van der Waals surface area contributed by atoms with E-state index >= 15 is 0 Å². The molecule has 1 aliphatic heterocycles. The van der Waals surface area contributed by atoms with Crippen LogP contribution in [0.1, 0.15) is 15.4 Å². The molecule has 0 bridgehead atoms. The number of fused-ring (bicyclic) bond motifs is 1. The number of rotatable bonds is 2. The molecule has 0 aliphatic carbocycles. The molecular formula is C11H13N3O2S. The minimum Gasteiger partial charge on any atom is -0.377 e. The Balaban J connectivity index is 1.89. The highest BCUT2D eigenvalue weighted by molar-refractivity contribution is 7.20. The second kappa shape index (κ2) is 3.82. The second-order valence-electron chi connectivity index (χ2n) is 4.25. The Labute approximate surface area is 102 Å². The molecule has 90 valence electrons. The molecule has 2 aromatic heterocycles. The third kappa shape index (κ3) is 1.73. The van der Waals surface area contributed by atoms with Gasteiger partial charge in [0.25, 0.3) is 5.91 Å². The third-order valence-electron chi connectivity index (χ3n) is 2.89. The van der Waals surface area contributed by atoms with Crippen LogP contribution in [0.2, 0.25) is 0 Å². The normalized spacial score (nSPS) is 16.1. The largest absolute Gasteiger partial charge is 0.377 e. The van der Waals surface area contributed by atoms with Crippen LogP contribution in [0.15, 0.2) is 6.07 Å². The van der Waals surface area contributed by atoms with Gasteiger partial charge in [0.1, 0.15) is 4.83 Å². The van der Waals surface area contributed by atoms with Gasteiger partial charge in [0.05, 0.1) is 29.8 Å². The van der Waals surface area contributed by atoms with E-state index in [9.17, 15) is 4.79 Å². The molecule has 6 heteroatoms. The van der Waals surface area contributed by atoms with E-state index in [0.29, 0.717) is 13.2 Å². The summed E-state index contributed by atoms with van der Waals surface area (Å²) in [5.41, 5.74) is 0.963. The zero-order valence-electron chi connectivity index (χ0n) is 9.69. The molecule has 1 saturated heterocycles. The van der Waals surface area contributed by atoms with Gasteiger partial charge in [-0.2, -0.15) is 5.10 Å². The summed E-state index contributed by atoms with van der Waals surface area (Å²) in [5.74, 6) is -0.0149. The monoisotopic (exact) mass is 251 g/mol. The molecular weight excluding hydrogens is 238 g/mol. The fourth-order valence-electron chi connectivity index (χ4n) is 1.89. The van der Waals surface area contributed by atoms with Crippen LogP contribution in [0.5, 0.6) is 0 Å². The Kier molecular flexibility index (Phi) is 2.41. The van der Waals surface area contributed by atoms with E-state index in [2.05, 4.69) is 10.4 Å². The number of carbonyl (C=O) groups is 1. The first-order valence-electron chi connectivity index (χ1n) is 5.47. The average molecular weight is 251 g/mol. The van der Waals surface area contributed by atoms with E-state index in [4.69, 9.17) is 4.74 Å². The highest BCUT2D eigenvalue weighted by Gasteiger charge is 2.22. The van der Waals surface area contributed by atoms with Crippen LogP contribution in [-0.4, -0.2) is 34.9 Å². The SMILES string of the molecule is Cc1nn(C)c2sc(C(=O)NC3COC3)cc12. The zero-order chi connectivity index (χ0) is 12.0. The summed E-state index contributed by atoms with van der Waals surface area (Å²) in [7, 11) is 1.90. The quantitative estimate of drug-likeness (QED) is 0.868. The average Bonchev–Trinajstić information content (AvgIpc) is 2.76. The van der Waals surface area contributed by atoms with Crippen LogP contribution in [0.3, 0.4) is 0 Å². The predicted molar refractivity (Wildman–Crippen MR) is 65.4 cm³/mol. The molecule has 1 amide bonds. The lowest BCUT2D eigenvalue weighted by Crippen LogP contribution is -2.48. The van der Waals surface area contributed by atoms with Gasteiger partial charge in [0.2, 0.25) is 0 Å². The highest BCUT2D eigenvalue weighted by Crippen LogP contribution is 2.27. The number of thiophene rings is 1. The van der Waals surface area contributed by atoms with Crippen molar-refractivity contribution < 1.29 is 9.53 Å². The summed E-state index contributed by atoms with van der Waals surface area (Å²) in [6.45, 7) is 3.20. The van der Waals surface area contributed by atoms with Crippen molar-refractivity contribution >= 4 is 27.5 Å². The standard InChI is InChI=1S/C11H13N3O2S/c1-6-8-3-9(17-11(8)14(2)13-6)10(15)12-7-4-16-5-7/h3,7H,4-5H2,1-2H3,(H,12,15). The van der Waals surface area contributed by atoms with Crippen LogP contribution in [0.4, 0.5) is 0 Å². The summed E-state index contributed by atoms with van der Waals surface area (Å²) in [6, 6.07) is 2.09. The van der Waals surface area contributed by atoms with Crippen LogP contribution >= 0.6 is 11.3 Å². The molecule has 17 heavy (non-hydrogen) atoms. The molecule has 0 spiro atoms. The van der Waals surface area contributed by atoms with Gasteiger partial charge in [-0.25, -0.2) is 0 Å². The van der Waals surface area contributed by atoms with Crippen LogP contribution < -0.4 is 5.32 Å². The molecule has 3 heterocycles. The molecule has 1 N–H and O–H groups in total. The first-order valence-corrected chi connectivity index (χ1v) is 6.28. The van der Waals surface area contributed by atoms with Crippen molar-refractivity contribution in [1.82, 2.24) is 15.1 Å². The van der Waals surface area contributed by atoms with Gasteiger partial charge in [-0.3, -0.25) is 9.48 Å². The number of carbonyl (C=O) groups excluding carboxylic acids is 1. The van der Waals surface area contributed by atoms with Gasteiger partial charge in [-0.15, -0.1) is 11.3 Å². The highest BCUT2D eigenvalue weighted by atomic mass is 32.1. The fourth-order valence-corrected chi connectivity index (χ4v) is 2.92. The minimum atomic E-state index is -0.0149. The topological polar surface area (TPSA) is 56.2 Å². The van der Waals surface area contributed by atoms with Crippen LogP contribution in [-0.2, 0) is 11.8 Å². The van der Waals surface area contributed by atoms with E-state index < -0.39 is 0 Å². The number of amides is 1. The molecule has 1 aliphatic rings. The molecule has 0 saturated carbocycles. The summed E-state index contributed by atoms with van der Waals surface area (Å²) in [4.78, 5) is 13.7. The number of hydrogen-bond acceptors (Lipinski definition) is 4.